The Kier molecular flexibility index (Phi) is 3.98. The number of nitrogens with two attached hydrogens (primary N) is 1. The molecule has 0 unspecified atom stereocenters. The van der Waals surface area contributed by atoms with Crippen molar-refractivity contribution in [2.75, 3.05) is 12.8 Å². The van der Waals surface area contributed by atoms with E-state index in [1.807, 2.05) is 0 Å². The summed E-state index contributed by atoms with van der Waals surface area (Å²) in [5, 5.41) is 0.746. The van der Waals surface area contributed by atoms with E-state index in [0.29, 0.717) is 32.6 Å². The van der Waals surface area contributed by atoms with Gasteiger partial charge < -0.3 is 10.5 Å². The monoisotopic (exact) mass is 295 g/mol. The van der Waals surface area contributed by atoms with Crippen molar-refractivity contribution in [1.82, 2.24) is 0 Å². The van der Waals surface area contributed by atoms with Gasteiger partial charge in [-0.2, -0.15) is 0 Å². The van der Waals surface area contributed by atoms with Gasteiger partial charge in [0.1, 0.15) is 5.75 Å². The van der Waals surface area contributed by atoms with E-state index < -0.39 is 0 Å². The van der Waals surface area contributed by atoms with E-state index in [4.69, 9.17) is 33.7 Å². The Morgan fingerprint density at radius 2 is 1.84 bits per heavy atom. The van der Waals surface area contributed by atoms with Crippen LogP contribution in [0.1, 0.15) is 15.9 Å². The number of halogens is 2. The molecular weight excluding hydrogens is 285 g/mol. The van der Waals surface area contributed by atoms with Gasteiger partial charge in [-0.15, -0.1) is 0 Å². The van der Waals surface area contributed by atoms with Crippen LogP contribution in [0.25, 0.3) is 0 Å². The SMILES string of the molecule is COc1ccc(C(=O)c2ccc(Cl)c(N)c2)c(Cl)c1. The summed E-state index contributed by atoms with van der Waals surface area (Å²) in [4.78, 5) is 12.3. The lowest BCUT2D eigenvalue weighted by Gasteiger charge is -2.07. The number of ether oxygens (including phenoxy) is 1. The van der Waals surface area contributed by atoms with E-state index >= 15 is 0 Å². The van der Waals surface area contributed by atoms with Crippen LogP contribution in [0.5, 0.6) is 5.75 Å². The highest BCUT2D eigenvalue weighted by Crippen LogP contribution is 2.26. The van der Waals surface area contributed by atoms with Crippen molar-refractivity contribution >= 4 is 34.7 Å². The van der Waals surface area contributed by atoms with Crippen molar-refractivity contribution in [3.63, 3.8) is 0 Å². The van der Waals surface area contributed by atoms with Crippen LogP contribution in [0, 0.1) is 0 Å². The summed E-state index contributed by atoms with van der Waals surface area (Å²) < 4.78 is 5.04. The summed E-state index contributed by atoms with van der Waals surface area (Å²) in [5.41, 5.74) is 6.87. The first-order valence-corrected chi connectivity index (χ1v) is 6.22. The van der Waals surface area contributed by atoms with Gasteiger partial charge in [-0.05, 0) is 36.4 Å². The number of ketones is 1. The normalized spacial score (nSPS) is 10.3. The van der Waals surface area contributed by atoms with E-state index in [1.54, 1.807) is 30.3 Å². The maximum absolute atomic E-state index is 12.3. The molecular formula is C14H11Cl2NO2. The van der Waals surface area contributed by atoms with Gasteiger partial charge in [-0.3, -0.25) is 4.79 Å². The zero-order valence-electron chi connectivity index (χ0n) is 10.1. The summed E-state index contributed by atoms with van der Waals surface area (Å²) in [7, 11) is 1.53. The summed E-state index contributed by atoms with van der Waals surface area (Å²) >= 11 is 11.9. The number of carbonyl (C=O) groups is 1. The standard InChI is InChI=1S/C14H11Cl2NO2/c1-19-9-3-4-10(12(16)7-9)14(18)8-2-5-11(15)13(17)6-8/h2-7H,17H2,1H3. The highest BCUT2D eigenvalue weighted by atomic mass is 35.5. The molecule has 2 aromatic rings. The molecule has 3 nitrogen and oxygen atoms in total. The predicted octanol–water partition coefficient (Wildman–Crippen LogP) is 3.82. The van der Waals surface area contributed by atoms with Crippen LogP contribution >= 0.6 is 23.2 Å². The van der Waals surface area contributed by atoms with Crippen LogP contribution in [0.15, 0.2) is 36.4 Å². The molecule has 0 saturated heterocycles. The first kappa shape index (κ1) is 13.7. The predicted molar refractivity (Wildman–Crippen MR) is 77.3 cm³/mol. The molecule has 2 rings (SSSR count). The minimum absolute atomic E-state index is 0.212. The highest BCUT2D eigenvalue weighted by molar-refractivity contribution is 6.35. The minimum atomic E-state index is -0.212. The molecule has 2 aromatic carbocycles. The number of benzene rings is 2. The minimum Gasteiger partial charge on any atom is -0.497 e. The number of anilines is 1. The third kappa shape index (κ3) is 2.83. The van der Waals surface area contributed by atoms with Gasteiger partial charge in [-0.1, -0.05) is 23.2 Å². The van der Waals surface area contributed by atoms with Gasteiger partial charge in [0.2, 0.25) is 0 Å². The molecule has 0 aromatic heterocycles. The second-order valence-corrected chi connectivity index (χ2v) is 4.73. The van der Waals surface area contributed by atoms with Crippen molar-refractivity contribution < 1.29 is 9.53 Å². The summed E-state index contributed by atoms with van der Waals surface area (Å²) in [5.74, 6) is 0.383. The van der Waals surface area contributed by atoms with Gasteiger partial charge in [-0.25, -0.2) is 0 Å². The van der Waals surface area contributed by atoms with Crippen molar-refractivity contribution in [3.05, 3.63) is 57.6 Å². The first-order chi connectivity index (χ1) is 9.02. The third-order valence-electron chi connectivity index (χ3n) is 2.68. The summed E-state index contributed by atoms with van der Waals surface area (Å²) in [6, 6.07) is 9.62. The second-order valence-electron chi connectivity index (χ2n) is 3.91. The van der Waals surface area contributed by atoms with Crippen LogP contribution in [0.2, 0.25) is 10.0 Å². The van der Waals surface area contributed by atoms with Crippen molar-refractivity contribution in [2.24, 2.45) is 0 Å². The Labute approximate surface area is 120 Å². The molecule has 98 valence electrons. The number of hydrogen-bond acceptors (Lipinski definition) is 3. The van der Waals surface area contributed by atoms with Crippen molar-refractivity contribution in [1.29, 1.82) is 0 Å². The molecule has 5 heteroatoms. The smallest absolute Gasteiger partial charge is 0.194 e. The molecule has 0 fully saturated rings. The topological polar surface area (TPSA) is 52.3 Å². The van der Waals surface area contributed by atoms with Gasteiger partial charge >= 0.3 is 0 Å². The zero-order chi connectivity index (χ0) is 14.0. The number of carbonyl (C=O) groups excluding carboxylic acids is 1. The van der Waals surface area contributed by atoms with E-state index in [-0.39, 0.29) is 5.78 Å². The fraction of sp³-hybridized carbons (Fsp3) is 0.0714. The fourth-order valence-corrected chi connectivity index (χ4v) is 2.02. The van der Waals surface area contributed by atoms with Crippen molar-refractivity contribution in [2.45, 2.75) is 0 Å². The average Bonchev–Trinajstić information content (AvgIpc) is 2.41. The first-order valence-electron chi connectivity index (χ1n) is 5.46. The van der Waals surface area contributed by atoms with Crippen LogP contribution in [-0.4, -0.2) is 12.9 Å². The Morgan fingerprint density at radius 1 is 1.11 bits per heavy atom. The van der Waals surface area contributed by atoms with E-state index in [1.165, 1.54) is 13.2 Å². The molecule has 0 radical (unpaired) electrons. The molecule has 0 bridgehead atoms. The fourth-order valence-electron chi connectivity index (χ4n) is 1.65. The Balaban J connectivity index is 2.41. The van der Waals surface area contributed by atoms with E-state index in [2.05, 4.69) is 0 Å². The number of hydrogen-bond donors (Lipinski definition) is 1. The maximum atomic E-state index is 12.3. The van der Waals surface area contributed by atoms with Gasteiger partial charge in [0.25, 0.3) is 0 Å². The van der Waals surface area contributed by atoms with Crippen molar-refractivity contribution in [3.8, 4) is 5.75 Å². The highest BCUT2D eigenvalue weighted by Gasteiger charge is 2.14. The molecule has 0 amide bonds. The molecule has 0 aliphatic carbocycles. The van der Waals surface area contributed by atoms with Gasteiger partial charge in [0, 0.05) is 11.1 Å². The quantitative estimate of drug-likeness (QED) is 0.692. The van der Waals surface area contributed by atoms with Gasteiger partial charge in [0.15, 0.2) is 5.78 Å². The molecule has 0 aliphatic rings. The third-order valence-corrected chi connectivity index (χ3v) is 3.34. The summed E-state index contributed by atoms with van der Waals surface area (Å²) in [6.07, 6.45) is 0. The van der Waals surface area contributed by atoms with Crippen LogP contribution in [0.3, 0.4) is 0 Å². The Bertz CT molecular complexity index is 641. The average molecular weight is 296 g/mol. The number of nitrogen functional groups attached to an aromatic ring is 1. The second kappa shape index (κ2) is 5.51. The molecule has 0 spiro atoms. The Morgan fingerprint density at radius 3 is 2.42 bits per heavy atom. The van der Waals surface area contributed by atoms with Crippen LogP contribution in [0.4, 0.5) is 5.69 Å². The number of methoxy groups -OCH3 is 1. The number of rotatable bonds is 3. The zero-order valence-corrected chi connectivity index (χ0v) is 11.6. The van der Waals surface area contributed by atoms with E-state index in [0.717, 1.165) is 0 Å². The molecule has 0 heterocycles. The lowest BCUT2D eigenvalue weighted by atomic mass is 10.0. The van der Waals surface area contributed by atoms with E-state index in [9.17, 15) is 4.79 Å². The summed E-state index contributed by atoms with van der Waals surface area (Å²) in [6.45, 7) is 0. The molecule has 0 atom stereocenters. The Hall–Kier alpha value is -1.71. The molecule has 19 heavy (non-hydrogen) atoms. The molecule has 0 saturated carbocycles. The lowest BCUT2D eigenvalue weighted by Crippen LogP contribution is -2.03. The molecule has 2 N–H and O–H groups in total. The van der Waals surface area contributed by atoms with Crippen LogP contribution < -0.4 is 10.5 Å². The molecule has 0 aliphatic heterocycles. The maximum Gasteiger partial charge on any atom is 0.194 e. The van der Waals surface area contributed by atoms with Crippen LogP contribution in [-0.2, 0) is 0 Å². The largest absolute Gasteiger partial charge is 0.497 e. The van der Waals surface area contributed by atoms with Gasteiger partial charge in [0.05, 0.1) is 22.8 Å². The lowest BCUT2D eigenvalue weighted by molar-refractivity contribution is 0.103.